The maximum Gasteiger partial charge on any atom is 0.339 e. The quantitative estimate of drug-likeness (QED) is 0.531. The minimum absolute atomic E-state index is 0.0224. The number of hydrogen-bond acceptors (Lipinski definition) is 6. The number of epoxide rings is 1. The molecule has 4 rings (SSSR count). The van der Waals surface area contributed by atoms with E-state index in [1.54, 1.807) is 18.2 Å². The van der Waals surface area contributed by atoms with Gasteiger partial charge in [-0.05, 0) is 24.3 Å². The van der Waals surface area contributed by atoms with E-state index < -0.39 is 5.97 Å². The summed E-state index contributed by atoms with van der Waals surface area (Å²) < 4.78 is 16.0. The molecule has 0 amide bonds. The van der Waals surface area contributed by atoms with Gasteiger partial charge >= 0.3 is 5.97 Å². The Morgan fingerprint density at radius 1 is 1.04 bits per heavy atom. The fraction of sp³-hybridized carbons (Fsp3) is 0.167. The van der Waals surface area contributed by atoms with Gasteiger partial charge in [-0.1, -0.05) is 30.3 Å². The molecule has 1 aliphatic rings. The lowest BCUT2D eigenvalue weighted by molar-refractivity contribution is 0.0477. The monoisotopic (exact) mass is 322 g/mol. The molecule has 2 aromatic carbocycles. The van der Waals surface area contributed by atoms with Gasteiger partial charge in [0.15, 0.2) is 0 Å². The Labute approximate surface area is 138 Å². The van der Waals surface area contributed by atoms with Crippen molar-refractivity contribution in [1.29, 1.82) is 0 Å². The van der Waals surface area contributed by atoms with E-state index in [1.165, 1.54) is 0 Å². The Balaban J connectivity index is 1.62. The molecule has 1 saturated heterocycles. The highest BCUT2D eigenvalue weighted by Gasteiger charge is 2.26. The third-order valence-corrected chi connectivity index (χ3v) is 3.63. The zero-order valence-electron chi connectivity index (χ0n) is 12.7. The molecule has 120 valence electrons. The summed E-state index contributed by atoms with van der Waals surface area (Å²) in [4.78, 5) is 12.3. The Hall–Kier alpha value is -2.99. The third-order valence-electron chi connectivity index (χ3n) is 3.63. The van der Waals surface area contributed by atoms with Crippen LogP contribution in [0.5, 0.6) is 0 Å². The van der Waals surface area contributed by atoms with Crippen LogP contribution in [0.3, 0.4) is 0 Å². The van der Waals surface area contributed by atoms with Crippen molar-refractivity contribution in [2.45, 2.75) is 6.10 Å². The highest BCUT2D eigenvalue weighted by Crippen LogP contribution is 2.27. The third kappa shape index (κ3) is 3.04. The van der Waals surface area contributed by atoms with Gasteiger partial charge in [0, 0.05) is 5.56 Å². The van der Waals surface area contributed by atoms with Crippen molar-refractivity contribution in [3.8, 4) is 22.9 Å². The number of nitrogens with zero attached hydrogens (tertiary/aromatic N) is 2. The first-order chi connectivity index (χ1) is 11.8. The highest BCUT2D eigenvalue weighted by atomic mass is 16.6. The molecular weight excluding hydrogens is 308 g/mol. The number of benzene rings is 2. The van der Waals surface area contributed by atoms with Gasteiger partial charge < -0.3 is 13.9 Å². The van der Waals surface area contributed by atoms with E-state index >= 15 is 0 Å². The molecule has 1 unspecified atom stereocenters. The smallest absolute Gasteiger partial charge is 0.339 e. The molecule has 1 aromatic heterocycles. The summed E-state index contributed by atoms with van der Waals surface area (Å²) >= 11 is 0. The zero-order chi connectivity index (χ0) is 16.4. The van der Waals surface area contributed by atoms with E-state index in [0.29, 0.717) is 23.6 Å². The molecule has 0 radical (unpaired) electrons. The number of carbonyl (C=O) groups is 1. The van der Waals surface area contributed by atoms with Crippen LogP contribution in [0.15, 0.2) is 59.0 Å². The standard InChI is InChI=1S/C18H14N2O4/c21-18(23-11-13-10-22-13)15-9-5-4-8-14(15)17-20-19-16(24-17)12-6-2-1-3-7-12/h1-9,13H,10-11H2. The lowest BCUT2D eigenvalue weighted by Crippen LogP contribution is -2.11. The van der Waals surface area contributed by atoms with E-state index in [2.05, 4.69) is 10.2 Å². The Morgan fingerprint density at radius 3 is 2.54 bits per heavy atom. The topological polar surface area (TPSA) is 77.8 Å². The van der Waals surface area contributed by atoms with Crippen LogP contribution in [0.4, 0.5) is 0 Å². The molecule has 0 N–H and O–H groups in total. The van der Waals surface area contributed by atoms with Crippen LogP contribution in [0.2, 0.25) is 0 Å². The lowest BCUT2D eigenvalue weighted by atomic mass is 10.1. The molecule has 1 atom stereocenters. The van der Waals surface area contributed by atoms with Crippen molar-refractivity contribution >= 4 is 5.97 Å². The molecule has 2 heterocycles. The first-order valence-corrected chi connectivity index (χ1v) is 7.58. The number of carbonyl (C=O) groups excluding carboxylic acids is 1. The Kier molecular flexibility index (Phi) is 3.80. The van der Waals surface area contributed by atoms with E-state index in [9.17, 15) is 4.79 Å². The molecule has 6 nitrogen and oxygen atoms in total. The van der Waals surface area contributed by atoms with Crippen LogP contribution < -0.4 is 0 Å². The van der Waals surface area contributed by atoms with Crippen LogP contribution in [-0.2, 0) is 9.47 Å². The molecule has 0 bridgehead atoms. The number of aromatic nitrogens is 2. The predicted molar refractivity (Wildman–Crippen MR) is 85.2 cm³/mol. The van der Waals surface area contributed by atoms with Crippen LogP contribution in [0, 0.1) is 0 Å². The van der Waals surface area contributed by atoms with Gasteiger partial charge in [-0.15, -0.1) is 10.2 Å². The van der Waals surface area contributed by atoms with Gasteiger partial charge in [0.05, 0.1) is 17.7 Å². The Bertz CT molecular complexity index is 856. The maximum absolute atomic E-state index is 12.3. The van der Waals surface area contributed by atoms with Crippen molar-refractivity contribution < 1.29 is 18.7 Å². The molecular formula is C18H14N2O4. The minimum atomic E-state index is -0.430. The van der Waals surface area contributed by atoms with E-state index in [1.807, 2.05) is 36.4 Å². The lowest BCUT2D eigenvalue weighted by Gasteiger charge is -2.06. The second-order valence-electron chi connectivity index (χ2n) is 5.38. The fourth-order valence-electron chi connectivity index (χ4n) is 2.29. The minimum Gasteiger partial charge on any atom is -0.459 e. The molecule has 1 aliphatic heterocycles. The number of esters is 1. The summed E-state index contributed by atoms with van der Waals surface area (Å²) in [6.45, 7) is 0.894. The second-order valence-corrected chi connectivity index (χ2v) is 5.38. The van der Waals surface area contributed by atoms with E-state index in [-0.39, 0.29) is 18.6 Å². The average molecular weight is 322 g/mol. The van der Waals surface area contributed by atoms with Crippen molar-refractivity contribution in [3.63, 3.8) is 0 Å². The average Bonchev–Trinajstić information content (AvgIpc) is 3.34. The zero-order valence-corrected chi connectivity index (χ0v) is 12.7. The summed E-state index contributed by atoms with van der Waals surface area (Å²) in [5, 5.41) is 8.12. The van der Waals surface area contributed by atoms with Gasteiger partial charge in [0.1, 0.15) is 12.7 Å². The van der Waals surface area contributed by atoms with Gasteiger partial charge in [-0.3, -0.25) is 0 Å². The van der Waals surface area contributed by atoms with E-state index in [0.717, 1.165) is 5.56 Å². The maximum atomic E-state index is 12.3. The summed E-state index contributed by atoms with van der Waals surface area (Å²) in [6, 6.07) is 16.5. The van der Waals surface area contributed by atoms with Gasteiger partial charge in [0.2, 0.25) is 11.8 Å². The van der Waals surface area contributed by atoms with Crippen molar-refractivity contribution in [1.82, 2.24) is 10.2 Å². The first kappa shape index (κ1) is 14.6. The largest absolute Gasteiger partial charge is 0.459 e. The Morgan fingerprint density at radius 2 is 1.75 bits per heavy atom. The molecule has 1 fully saturated rings. The summed E-state index contributed by atoms with van der Waals surface area (Å²) in [5.74, 6) is 0.254. The normalized spacial score (nSPS) is 15.9. The van der Waals surface area contributed by atoms with Crippen molar-refractivity contribution in [2.24, 2.45) is 0 Å². The number of ether oxygens (including phenoxy) is 2. The first-order valence-electron chi connectivity index (χ1n) is 7.58. The molecule has 24 heavy (non-hydrogen) atoms. The van der Waals surface area contributed by atoms with Gasteiger partial charge in [-0.2, -0.15) is 0 Å². The molecule has 0 aliphatic carbocycles. The summed E-state index contributed by atoms with van der Waals surface area (Å²) in [7, 11) is 0. The predicted octanol–water partition coefficient (Wildman–Crippen LogP) is 2.96. The van der Waals surface area contributed by atoms with Gasteiger partial charge in [-0.25, -0.2) is 4.79 Å². The van der Waals surface area contributed by atoms with Crippen molar-refractivity contribution in [2.75, 3.05) is 13.2 Å². The van der Waals surface area contributed by atoms with Crippen LogP contribution in [0.25, 0.3) is 22.9 Å². The highest BCUT2D eigenvalue weighted by molar-refractivity contribution is 5.96. The van der Waals surface area contributed by atoms with Crippen LogP contribution >= 0.6 is 0 Å². The second kappa shape index (κ2) is 6.25. The number of hydrogen-bond donors (Lipinski definition) is 0. The van der Waals surface area contributed by atoms with Crippen LogP contribution in [-0.4, -0.2) is 35.5 Å². The fourth-order valence-corrected chi connectivity index (χ4v) is 2.29. The SMILES string of the molecule is O=C(OCC1CO1)c1ccccc1-c1nnc(-c2ccccc2)o1. The summed E-state index contributed by atoms with van der Waals surface area (Å²) in [5.41, 5.74) is 1.76. The molecule has 6 heteroatoms. The molecule has 0 saturated carbocycles. The number of rotatable bonds is 5. The molecule has 3 aromatic rings. The van der Waals surface area contributed by atoms with Gasteiger partial charge in [0.25, 0.3) is 0 Å². The molecule has 0 spiro atoms. The summed E-state index contributed by atoms with van der Waals surface area (Å²) in [6.07, 6.45) is 0.0224. The van der Waals surface area contributed by atoms with E-state index in [4.69, 9.17) is 13.9 Å². The van der Waals surface area contributed by atoms with Crippen LogP contribution in [0.1, 0.15) is 10.4 Å². The van der Waals surface area contributed by atoms with Crippen molar-refractivity contribution in [3.05, 3.63) is 60.2 Å².